The smallest absolute Gasteiger partial charge is 0.263 e. The molecule has 0 aliphatic carbocycles. The van der Waals surface area contributed by atoms with Gasteiger partial charge < -0.3 is 10.1 Å². The molecule has 0 unspecified atom stereocenters. The molecular weight excluding hydrogens is 337 g/mol. The summed E-state index contributed by atoms with van der Waals surface area (Å²) in [5.41, 5.74) is 0.807. The minimum Gasteiger partial charge on any atom is -0.482 e. The van der Waals surface area contributed by atoms with Crippen molar-refractivity contribution in [3.63, 3.8) is 0 Å². The molecule has 0 aliphatic heterocycles. The van der Waals surface area contributed by atoms with Gasteiger partial charge in [-0.1, -0.05) is 34.8 Å². The molecule has 0 aliphatic rings. The van der Waals surface area contributed by atoms with Crippen molar-refractivity contribution in [3.05, 3.63) is 39.0 Å². The highest BCUT2D eigenvalue weighted by molar-refractivity contribution is 6.43. The first-order valence-corrected chi connectivity index (χ1v) is 7.08. The summed E-state index contributed by atoms with van der Waals surface area (Å²) in [6.45, 7) is 1.63. The van der Waals surface area contributed by atoms with Gasteiger partial charge in [0, 0.05) is 19.2 Å². The van der Waals surface area contributed by atoms with Crippen molar-refractivity contribution < 1.29 is 9.53 Å². The lowest BCUT2D eigenvalue weighted by Gasteiger charge is -2.09. The standard InChI is InChI=1S/C13H12Cl3N3O2/c1-7-3-12(19(2)18-7)17-13(20)6-21-11-5-9(15)8(14)4-10(11)16/h3-5H,6H2,1-2H3,(H,17,20). The van der Waals surface area contributed by atoms with Crippen LogP contribution in [0.2, 0.25) is 15.1 Å². The van der Waals surface area contributed by atoms with E-state index < -0.39 is 0 Å². The molecule has 0 spiro atoms. The normalized spacial score (nSPS) is 10.5. The largest absolute Gasteiger partial charge is 0.482 e. The van der Waals surface area contributed by atoms with E-state index >= 15 is 0 Å². The molecule has 8 heteroatoms. The second kappa shape index (κ2) is 6.56. The van der Waals surface area contributed by atoms with E-state index in [-0.39, 0.29) is 17.5 Å². The van der Waals surface area contributed by atoms with Crippen molar-refractivity contribution in [1.82, 2.24) is 9.78 Å². The van der Waals surface area contributed by atoms with Crippen molar-refractivity contribution in [2.45, 2.75) is 6.92 Å². The van der Waals surface area contributed by atoms with Crippen molar-refractivity contribution in [2.75, 3.05) is 11.9 Å². The molecule has 2 rings (SSSR count). The molecule has 1 aromatic heterocycles. The van der Waals surface area contributed by atoms with Crippen LogP contribution in [0.5, 0.6) is 5.75 Å². The Labute approximate surface area is 136 Å². The molecule has 0 saturated heterocycles. The van der Waals surface area contributed by atoms with E-state index in [1.54, 1.807) is 17.8 Å². The Hall–Kier alpha value is -1.43. The van der Waals surface area contributed by atoms with Gasteiger partial charge in [0.05, 0.1) is 20.8 Å². The molecule has 2 aromatic rings. The predicted octanol–water partition coefficient (Wildman–Crippen LogP) is 3.71. The van der Waals surface area contributed by atoms with E-state index in [4.69, 9.17) is 39.5 Å². The predicted molar refractivity (Wildman–Crippen MR) is 83.5 cm³/mol. The number of amides is 1. The van der Waals surface area contributed by atoms with Gasteiger partial charge in [0.15, 0.2) is 6.61 Å². The third-order valence-corrected chi connectivity index (χ3v) is 3.62. The Balaban J connectivity index is 1.98. The molecule has 21 heavy (non-hydrogen) atoms. The second-order valence-corrected chi connectivity index (χ2v) is 5.55. The Bertz CT molecular complexity index is 686. The summed E-state index contributed by atoms with van der Waals surface area (Å²) in [6.07, 6.45) is 0. The van der Waals surface area contributed by atoms with E-state index in [0.717, 1.165) is 5.69 Å². The number of anilines is 1. The highest BCUT2D eigenvalue weighted by Gasteiger charge is 2.11. The zero-order valence-electron chi connectivity index (χ0n) is 11.3. The maximum Gasteiger partial charge on any atom is 0.263 e. The fourth-order valence-electron chi connectivity index (χ4n) is 1.66. The number of benzene rings is 1. The summed E-state index contributed by atoms with van der Waals surface area (Å²) in [7, 11) is 1.74. The van der Waals surface area contributed by atoms with Crippen molar-refractivity contribution in [2.24, 2.45) is 7.05 Å². The summed E-state index contributed by atoms with van der Waals surface area (Å²) >= 11 is 17.6. The SMILES string of the molecule is Cc1cc(NC(=O)COc2cc(Cl)c(Cl)cc2Cl)n(C)n1. The number of ether oxygens (including phenoxy) is 1. The summed E-state index contributed by atoms with van der Waals surface area (Å²) < 4.78 is 6.91. The number of carbonyl (C=O) groups is 1. The molecule has 1 amide bonds. The number of rotatable bonds is 4. The van der Waals surface area contributed by atoms with Crippen molar-refractivity contribution in [1.29, 1.82) is 0 Å². The van der Waals surface area contributed by atoms with E-state index in [2.05, 4.69) is 10.4 Å². The van der Waals surface area contributed by atoms with Crippen molar-refractivity contribution >= 4 is 46.5 Å². The molecular formula is C13H12Cl3N3O2. The fourth-order valence-corrected chi connectivity index (χ4v) is 2.26. The summed E-state index contributed by atoms with van der Waals surface area (Å²) in [5.74, 6) is 0.545. The zero-order chi connectivity index (χ0) is 15.6. The van der Waals surface area contributed by atoms with Crippen LogP contribution in [0.4, 0.5) is 5.82 Å². The first-order valence-electron chi connectivity index (χ1n) is 5.94. The molecule has 1 heterocycles. The minimum atomic E-state index is -0.333. The first kappa shape index (κ1) is 15.9. The molecule has 0 radical (unpaired) electrons. The van der Waals surface area contributed by atoms with Crippen LogP contribution < -0.4 is 10.1 Å². The molecule has 0 fully saturated rings. The fraction of sp³-hybridized carbons (Fsp3) is 0.231. The van der Waals surface area contributed by atoms with Gasteiger partial charge in [-0.15, -0.1) is 0 Å². The first-order chi connectivity index (χ1) is 9.86. The third-order valence-electron chi connectivity index (χ3n) is 2.60. The van der Waals surface area contributed by atoms with Gasteiger partial charge in [0.25, 0.3) is 5.91 Å². The Morgan fingerprint density at radius 3 is 2.52 bits per heavy atom. The number of aromatic nitrogens is 2. The quantitative estimate of drug-likeness (QED) is 0.857. The van der Waals surface area contributed by atoms with Crippen LogP contribution >= 0.6 is 34.8 Å². The minimum absolute atomic E-state index is 0.206. The number of carbonyl (C=O) groups excluding carboxylic acids is 1. The third kappa shape index (κ3) is 4.03. The van der Waals surface area contributed by atoms with Crippen LogP contribution in [-0.4, -0.2) is 22.3 Å². The van der Waals surface area contributed by atoms with Crippen LogP contribution in [0.3, 0.4) is 0 Å². The average Bonchev–Trinajstić information content (AvgIpc) is 2.70. The molecule has 0 saturated carbocycles. The number of hydrogen-bond acceptors (Lipinski definition) is 3. The van der Waals surface area contributed by atoms with Crippen LogP contribution in [0.1, 0.15) is 5.69 Å². The van der Waals surface area contributed by atoms with Gasteiger partial charge in [-0.2, -0.15) is 5.10 Å². The van der Waals surface area contributed by atoms with Gasteiger partial charge in [-0.05, 0) is 13.0 Å². The molecule has 0 bridgehead atoms. The van der Waals surface area contributed by atoms with E-state index in [9.17, 15) is 4.79 Å². The van der Waals surface area contributed by atoms with Crippen LogP contribution in [0, 0.1) is 6.92 Å². The Morgan fingerprint density at radius 1 is 1.24 bits per heavy atom. The Morgan fingerprint density at radius 2 is 1.90 bits per heavy atom. The lowest BCUT2D eigenvalue weighted by Crippen LogP contribution is -2.21. The molecule has 1 aromatic carbocycles. The molecule has 0 atom stereocenters. The molecule has 5 nitrogen and oxygen atoms in total. The van der Waals surface area contributed by atoms with E-state index in [1.807, 2.05) is 6.92 Å². The van der Waals surface area contributed by atoms with Gasteiger partial charge >= 0.3 is 0 Å². The Kier molecular flexibility index (Phi) is 4.98. The second-order valence-electron chi connectivity index (χ2n) is 4.33. The van der Waals surface area contributed by atoms with Gasteiger partial charge in [0.2, 0.25) is 0 Å². The molecule has 112 valence electrons. The van der Waals surface area contributed by atoms with Crippen LogP contribution in [0.15, 0.2) is 18.2 Å². The number of nitrogens with zero attached hydrogens (tertiary/aromatic N) is 2. The monoisotopic (exact) mass is 347 g/mol. The summed E-state index contributed by atoms with van der Waals surface area (Å²) in [4.78, 5) is 11.8. The van der Waals surface area contributed by atoms with Gasteiger partial charge in [0.1, 0.15) is 11.6 Å². The lowest BCUT2D eigenvalue weighted by molar-refractivity contribution is -0.118. The highest BCUT2D eigenvalue weighted by Crippen LogP contribution is 2.33. The topological polar surface area (TPSA) is 56.1 Å². The van der Waals surface area contributed by atoms with E-state index in [0.29, 0.717) is 21.6 Å². The van der Waals surface area contributed by atoms with Crippen LogP contribution in [0.25, 0.3) is 0 Å². The summed E-state index contributed by atoms with van der Waals surface area (Å²) in [5, 5.41) is 7.72. The van der Waals surface area contributed by atoms with Gasteiger partial charge in [-0.3, -0.25) is 9.48 Å². The number of hydrogen-bond donors (Lipinski definition) is 1. The van der Waals surface area contributed by atoms with Crippen LogP contribution in [-0.2, 0) is 11.8 Å². The maximum absolute atomic E-state index is 11.8. The van der Waals surface area contributed by atoms with E-state index in [1.165, 1.54) is 12.1 Å². The number of nitrogens with one attached hydrogen (secondary N) is 1. The lowest BCUT2D eigenvalue weighted by atomic mass is 10.3. The average molecular weight is 349 g/mol. The number of halogens is 3. The molecule has 1 N–H and O–H groups in total. The summed E-state index contributed by atoms with van der Waals surface area (Å²) in [6, 6.07) is 4.68. The maximum atomic E-state index is 11.8. The highest BCUT2D eigenvalue weighted by atomic mass is 35.5. The zero-order valence-corrected chi connectivity index (χ0v) is 13.6. The number of aryl methyl sites for hydroxylation is 2. The van der Waals surface area contributed by atoms with Gasteiger partial charge in [-0.25, -0.2) is 0 Å². The van der Waals surface area contributed by atoms with Crippen molar-refractivity contribution in [3.8, 4) is 5.75 Å².